The molecule has 5 atom stereocenters. The molecule has 1 saturated heterocycles. The van der Waals surface area contributed by atoms with Gasteiger partial charge in [-0.05, 0) is 56.7 Å². The number of ether oxygens (including phenoxy) is 3. The second kappa shape index (κ2) is 12.4. The van der Waals surface area contributed by atoms with E-state index in [1.807, 2.05) is 55.5 Å². The molecule has 2 aliphatic rings. The molecule has 1 aliphatic heterocycles. The molecule has 0 radical (unpaired) electrons. The number of aryl methyl sites for hydroxylation is 1. The quantitative estimate of drug-likeness (QED) is 0.419. The van der Waals surface area contributed by atoms with Crippen molar-refractivity contribution >= 4 is 5.91 Å². The maximum atomic E-state index is 13.3. The fourth-order valence-corrected chi connectivity index (χ4v) is 5.46. The molecule has 8 heteroatoms. The number of methoxy groups -OCH3 is 1. The fourth-order valence-electron chi connectivity index (χ4n) is 5.46. The molecule has 0 spiro atoms. The van der Waals surface area contributed by atoms with E-state index in [0.29, 0.717) is 62.5 Å². The Hall–Kier alpha value is -2.49. The second-order valence-electron chi connectivity index (χ2n) is 10.3. The predicted octanol–water partition coefficient (Wildman–Crippen LogP) is 3.12. The highest BCUT2D eigenvalue weighted by Gasteiger charge is 2.45. The van der Waals surface area contributed by atoms with Gasteiger partial charge in [0.2, 0.25) is 5.91 Å². The Morgan fingerprint density at radius 2 is 1.86 bits per heavy atom. The number of aliphatic hydroxyl groups is 2. The number of amides is 1. The zero-order chi connectivity index (χ0) is 26.4. The summed E-state index contributed by atoms with van der Waals surface area (Å²) in [5, 5.41) is 22.4. The average molecular weight is 513 g/mol. The molecule has 37 heavy (non-hydrogen) atoms. The molecule has 202 valence electrons. The van der Waals surface area contributed by atoms with Gasteiger partial charge in [-0.25, -0.2) is 0 Å². The molecule has 1 unspecified atom stereocenters. The van der Waals surface area contributed by atoms with Crippen LogP contribution in [-0.4, -0.2) is 72.7 Å². The van der Waals surface area contributed by atoms with Crippen molar-refractivity contribution in [2.75, 3.05) is 33.4 Å². The van der Waals surface area contributed by atoms with Crippen LogP contribution in [0, 0.1) is 12.8 Å². The maximum Gasteiger partial charge on any atom is 0.226 e. The molecule has 2 aromatic carbocycles. The van der Waals surface area contributed by atoms with Crippen LogP contribution in [0.5, 0.6) is 11.5 Å². The van der Waals surface area contributed by atoms with E-state index >= 15 is 0 Å². The summed E-state index contributed by atoms with van der Waals surface area (Å²) in [5.74, 6) is 0.929. The number of carbonyl (C=O) groups is 1. The van der Waals surface area contributed by atoms with E-state index in [1.54, 1.807) is 12.0 Å². The van der Waals surface area contributed by atoms with Crippen LogP contribution in [0.1, 0.15) is 43.2 Å². The van der Waals surface area contributed by atoms with Crippen LogP contribution in [0.2, 0.25) is 0 Å². The Bertz CT molecular complexity index is 1040. The van der Waals surface area contributed by atoms with E-state index in [4.69, 9.17) is 19.9 Å². The van der Waals surface area contributed by atoms with Crippen molar-refractivity contribution in [2.24, 2.45) is 11.7 Å². The Morgan fingerprint density at radius 1 is 1.14 bits per heavy atom. The number of benzene rings is 2. The second-order valence-corrected chi connectivity index (χ2v) is 10.3. The van der Waals surface area contributed by atoms with Gasteiger partial charge in [-0.2, -0.15) is 0 Å². The minimum Gasteiger partial charge on any atom is -0.457 e. The number of rotatable bonds is 10. The Labute approximate surface area is 219 Å². The number of unbranched alkanes of at least 4 members (excludes halogenated alkanes) is 1. The van der Waals surface area contributed by atoms with Crippen molar-refractivity contribution in [3.05, 3.63) is 59.7 Å². The minimum atomic E-state index is -1.39. The zero-order valence-electron chi connectivity index (χ0n) is 21.8. The van der Waals surface area contributed by atoms with Gasteiger partial charge in [0, 0.05) is 37.8 Å². The monoisotopic (exact) mass is 512 g/mol. The third kappa shape index (κ3) is 6.33. The molecule has 1 saturated carbocycles. The highest BCUT2D eigenvalue weighted by atomic mass is 16.5. The minimum absolute atomic E-state index is 0.0357. The maximum absolute atomic E-state index is 13.3. The normalized spacial score (nSPS) is 25.6. The lowest BCUT2D eigenvalue weighted by Crippen LogP contribution is -2.55. The molecule has 2 aromatic rings. The summed E-state index contributed by atoms with van der Waals surface area (Å²) < 4.78 is 17.7. The Balaban J connectivity index is 1.61. The van der Waals surface area contributed by atoms with Crippen LogP contribution in [0.15, 0.2) is 48.5 Å². The highest BCUT2D eigenvalue weighted by molar-refractivity contribution is 5.79. The molecule has 2 fully saturated rings. The Morgan fingerprint density at radius 3 is 2.57 bits per heavy atom. The lowest BCUT2D eigenvalue weighted by Gasteiger charge is -2.43. The summed E-state index contributed by atoms with van der Waals surface area (Å²) >= 11 is 0. The zero-order valence-corrected chi connectivity index (χ0v) is 21.8. The van der Waals surface area contributed by atoms with Gasteiger partial charge in [-0.3, -0.25) is 4.79 Å². The fraction of sp³-hybridized carbons (Fsp3) is 0.552. The van der Waals surface area contributed by atoms with Crippen molar-refractivity contribution in [1.29, 1.82) is 0 Å². The molecule has 0 aromatic heterocycles. The van der Waals surface area contributed by atoms with E-state index < -0.39 is 17.8 Å². The third-order valence-electron chi connectivity index (χ3n) is 7.66. The first-order chi connectivity index (χ1) is 17.8. The molecule has 1 amide bonds. The first-order valence-corrected chi connectivity index (χ1v) is 13.2. The van der Waals surface area contributed by atoms with Crippen LogP contribution in [0.3, 0.4) is 0 Å². The summed E-state index contributed by atoms with van der Waals surface area (Å²) in [5.41, 5.74) is 6.20. The highest BCUT2D eigenvalue weighted by Crippen LogP contribution is 2.41. The summed E-state index contributed by atoms with van der Waals surface area (Å²) in [6.45, 7) is 3.59. The number of nitrogens with two attached hydrogens (primary N) is 1. The van der Waals surface area contributed by atoms with Crippen molar-refractivity contribution in [3.8, 4) is 11.5 Å². The SMILES string of the molecule is COCCCC[C@@](O)(c1ccccc1Oc1ccccc1C)C1CN(C(=O)[C@H]2C[C@@H](N)[C@@H](O)C2)CCO1. The standard InChI is InChI=1S/C29H40N2O6/c1-20-9-3-5-11-25(20)37-26-12-6-4-10-22(26)29(34,13-7-8-15-35-2)27-19-31(14-16-36-27)28(33)21-17-23(30)24(32)18-21/h3-6,9-12,21,23-24,27,32,34H,7-8,13-19,30H2,1-2H3/t21-,23+,24-,27?,29+/m0/s1. The number of hydrogen-bond donors (Lipinski definition) is 3. The molecule has 8 nitrogen and oxygen atoms in total. The number of hydrogen-bond acceptors (Lipinski definition) is 7. The summed E-state index contributed by atoms with van der Waals surface area (Å²) in [6.07, 6.45) is 1.45. The van der Waals surface area contributed by atoms with Gasteiger partial charge in [0.05, 0.1) is 19.3 Å². The summed E-state index contributed by atoms with van der Waals surface area (Å²) in [7, 11) is 1.66. The molecular weight excluding hydrogens is 472 g/mol. The topological polar surface area (TPSA) is 114 Å². The number of morpholine rings is 1. The first kappa shape index (κ1) is 27.5. The molecule has 0 bridgehead atoms. The first-order valence-electron chi connectivity index (χ1n) is 13.2. The van der Waals surface area contributed by atoms with E-state index in [1.165, 1.54) is 0 Å². The van der Waals surface area contributed by atoms with Crippen molar-refractivity contribution in [2.45, 2.75) is 62.9 Å². The van der Waals surface area contributed by atoms with E-state index in [0.717, 1.165) is 12.0 Å². The van der Waals surface area contributed by atoms with Crippen LogP contribution in [-0.2, 0) is 19.9 Å². The van der Waals surface area contributed by atoms with Crippen LogP contribution < -0.4 is 10.5 Å². The molecule has 4 rings (SSSR count). The van der Waals surface area contributed by atoms with Gasteiger partial charge in [-0.15, -0.1) is 0 Å². The van der Waals surface area contributed by atoms with Crippen molar-refractivity contribution < 1.29 is 29.2 Å². The van der Waals surface area contributed by atoms with Crippen LogP contribution >= 0.6 is 0 Å². The third-order valence-corrected chi connectivity index (χ3v) is 7.66. The van der Waals surface area contributed by atoms with E-state index in [9.17, 15) is 15.0 Å². The number of nitrogens with zero attached hydrogens (tertiary/aromatic N) is 1. The smallest absolute Gasteiger partial charge is 0.226 e. The number of carbonyl (C=O) groups excluding carboxylic acids is 1. The lowest BCUT2D eigenvalue weighted by atomic mass is 9.82. The van der Waals surface area contributed by atoms with Gasteiger partial charge in [0.1, 0.15) is 23.2 Å². The summed E-state index contributed by atoms with van der Waals surface area (Å²) in [4.78, 5) is 15.1. The van der Waals surface area contributed by atoms with Gasteiger partial charge in [0.25, 0.3) is 0 Å². The summed E-state index contributed by atoms with van der Waals surface area (Å²) in [6, 6.07) is 14.9. The van der Waals surface area contributed by atoms with Crippen LogP contribution in [0.4, 0.5) is 0 Å². The largest absolute Gasteiger partial charge is 0.457 e. The number of aliphatic hydroxyl groups excluding tert-OH is 1. The van der Waals surface area contributed by atoms with Gasteiger partial charge < -0.3 is 35.1 Å². The van der Waals surface area contributed by atoms with Gasteiger partial charge in [0.15, 0.2) is 0 Å². The van der Waals surface area contributed by atoms with Crippen LogP contribution in [0.25, 0.3) is 0 Å². The average Bonchev–Trinajstić information content (AvgIpc) is 3.25. The molecular formula is C29H40N2O6. The van der Waals surface area contributed by atoms with Gasteiger partial charge >= 0.3 is 0 Å². The van der Waals surface area contributed by atoms with Crippen molar-refractivity contribution in [1.82, 2.24) is 4.90 Å². The Kier molecular flexibility index (Phi) is 9.21. The lowest BCUT2D eigenvalue weighted by molar-refractivity contribution is -0.168. The van der Waals surface area contributed by atoms with E-state index in [2.05, 4.69) is 0 Å². The number of para-hydroxylation sites is 2. The van der Waals surface area contributed by atoms with Crippen molar-refractivity contribution in [3.63, 3.8) is 0 Å². The molecule has 1 aliphatic carbocycles. The molecule has 1 heterocycles. The van der Waals surface area contributed by atoms with E-state index in [-0.39, 0.29) is 24.4 Å². The molecule has 4 N–H and O–H groups in total. The predicted molar refractivity (Wildman–Crippen MR) is 140 cm³/mol. The van der Waals surface area contributed by atoms with Gasteiger partial charge in [-0.1, -0.05) is 36.4 Å².